The van der Waals surface area contributed by atoms with Crippen molar-refractivity contribution in [1.82, 2.24) is 15.0 Å². The molecule has 3 N–H and O–H groups in total. The highest BCUT2D eigenvalue weighted by atomic mass is 32.2. The van der Waals surface area contributed by atoms with E-state index in [-0.39, 0.29) is 4.90 Å². The van der Waals surface area contributed by atoms with Crippen LogP contribution in [-0.2, 0) is 10.0 Å². The molecule has 27 heavy (non-hydrogen) atoms. The van der Waals surface area contributed by atoms with Gasteiger partial charge in [0.2, 0.25) is 16.0 Å². The van der Waals surface area contributed by atoms with Gasteiger partial charge in [-0.3, -0.25) is 4.98 Å². The van der Waals surface area contributed by atoms with Crippen molar-refractivity contribution in [2.75, 3.05) is 5.32 Å². The lowest BCUT2D eigenvalue weighted by Gasteiger charge is -2.09. The molecule has 0 amide bonds. The molecule has 4 aromatic rings. The van der Waals surface area contributed by atoms with Crippen molar-refractivity contribution < 1.29 is 8.42 Å². The molecule has 0 atom stereocenters. The number of hydrogen-bond donors (Lipinski definition) is 2. The van der Waals surface area contributed by atoms with Gasteiger partial charge in [0, 0.05) is 40.8 Å². The van der Waals surface area contributed by atoms with Gasteiger partial charge in [-0.05, 0) is 30.3 Å². The van der Waals surface area contributed by atoms with E-state index < -0.39 is 10.0 Å². The van der Waals surface area contributed by atoms with E-state index in [1.165, 1.54) is 12.1 Å². The minimum Gasteiger partial charge on any atom is -0.324 e. The van der Waals surface area contributed by atoms with Gasteiger partial charge < -0.3 is 5.32 Å². The van der Waals surface area contributed by atoms with Crippen LogP contribution in [0.3, 0.4) is 0 Å². The van der Waals surface area contributed by atoms with Crippen LogP contribution in [0.1, 0.15) is 0 Å². The number of nitrogens with zero attached hydrogens (tertiary/aromatic N) is 3. The first-order valence-corrected chi connectivity index (χ1v) is 9.61. The van der Waals surface area contributed by atoms with Crippen molar-refractivity contribution in [2.24, 2.45) is 5.14 Å². The van der Waals surface area contributed by atoms with Crippen LogP contribution in [0, 0.1) is 0 Å². The zero-order valence-corrected chi connectivity index (χ0v) is 14.9. The Morgan fingerprint density at radius 3 is 2.44 bits per heavy atom. The first-order valence-electron chi connectivity index (χ1n) is 8.07. The van der Waals surface area contributed by atoms with E-state index in [0.29, 0.717) is 11.6 Å². The number of anilines is 2. The van der Waals surface area contributed by atoms with Crippen LogP contribution in [-0.4, -0.2) is 23.4 Å². The minimum atomic E-state index is -3.72. The summed E-state index contributed by atoms with van der Waals surface area (Å²) in [6, 6.07) is 15.8. The third-order valence-electron chi connectivity index (χ3n) is 4.02. The Kier molecular flexibility index (Phi) is 4.27. The molecule has 0 unspecified atom stereocenters. The number of primary sulfonamides is 1. The van der Waals surface area contributed by atoms with Crippen LogP contribution >= 0.6 is 0 Å². The number of rotatable bonds is 4. The molecule has 0 saturated heterocycles. The molecular weight excluding hydrogens is 362 g/mol. The summed E-state index contributed by atoms with van der Waals surface area (Å²) in [6.07, 6.45) is 5.25. The molecule has 134 valence electrons. The molecular formula is C19H15N5O2S. The molecule has 0 spiro atoms. The summed E-state index contributed by atoms with van der Waals surface area (Å²) in [5.41, 5.74) is 3.37. The molecule has 2 heterocycles. The lowest BCUT2D eigenvalue weighted by molar-refractivity contribution is 0.598. The highest BCUT2D eigenvalue weighted by Gasteiger charge is 2.09. The summed E-state index contributed by atoms with van der Waals surface area (Å²) >= 11 is 0. The molecule has 2 aromatic carbocycles. The molecule has 8 heteroatoms. The molecule has 0 radical (unpaired) electrons. The van der Waals surface area contributed by atoms with E-state index in [1.54, 1.807) is 30.7 Å². The average Bonchev–Trinajstić information content (AvgIpc) is 2.68. The third kappa shape index (κ3) is 3.62. The molecule has 2 aromatic heterocycles. The van der Waals surface area contributed by atoms with Gasteiger partial charge in [-0.15, -0.1) is 0 Å². The second-order valence-corrected chi connectivity index (χ2v) is 7.43. The zero-order chi connectivity index (χ0) is 18.9. The molecule has 7 nitrogen and oxygen atoms in total. The Bertz CT molecular complexity index is 1210. The standard InChI is InChI=1S/C19H15N5O2S/c20-27(25,26)16-8-6-15(7-9-16)23-19-22-12-14-3-1-5-17(18(14)24-19)13-4-2-10-21-11-13/h1-12H,(H2,20,25,26)(H,22,23,24). The Balaban J connectivity index is 1.71. The number of sulfonamides is 1. The summed E-state index contributed by atoms with van der Waals surface area (Å²) < 4.78 is 22.7. The van der Waals surface area contributed by atoms with Gasteiger partial charge in [-0.1, -0.05) is 24.3 Å². The van der Waals surface area contributed by atoms with Gasteiger partial charge in [0.1, 0.15) is 0 Å². The monoisotopic (exact) mass is 377 g/mol. The SMILES string of the molecule is NS(=O)(=O)c1ccc(Nc2ncc3cccc(-c4cccnc4)c3n2)cc1. The molecule has 0 saturated carbocycles. The van der Waals surface area contributed by atoms with Gasteiger partial charge >= 0.3 is 0 Å². The molecule has 0 fully saturated rings. The number of fused-ring (bicyclic) bond motifs is 1. The van der Waals surface area contributed by atoms with Gasteiger partial charge in [-0.2, -0.15) is 0 Å². The van der Waals surface area contributed by atoms with E-state index in [0.717, 1.165) is 22.0 Å². The van der Waals surface area contributed by atoms with E-state index in [4.69, 9.17) is 5.14 Å². The summed E-state index contributed by atoms with van der Waals surface area (Å²) in [6.45, 7) is 0. The van der Waals surface area contributed by atoms with Gasteiger partial charge in [-0.25, -0.2) is 23.5 Å². The first-order chi connectivity index (χ1) is 13.0. The lowest BCUT2D eigenvalue weighted by atomic mass is 10.0. The van der Waals surface area contributed by atoms with E-state index in [1.807, 2.05) is 30.3 Å². The van der Waals surface area contributed by atoms with Crippen LogP contribution in [0.5, 0.6) is 0 Å². The number of benzene rings is 2. The smallest absolute Gasteiger partial charge is 0.238 e. The molecule has 4 rings (SSSR count). The van der Waals surface area contributed by atoms with Gasteiger partial charge in [0.05, 0.1) is 10.4 Å². The summed E-state index contributed by atoms with van der Waals surface area (Å²) in [7, 11) is -3.72. The zero-order valence-electron chi connectivity index (χ0n) is 14.1. The fourth-order valence-electron chi connectivity index (χ4n) is 2.73. The quantitative estimate of drug-likeness (QED) is 0.565. The van der Waals surface area contributed by atoms with Crippen molar-refractivity contribution in [3.05, 3.63) is 73.2 Å². The second kappa shape index (κ2) is 6.75. The number of nitrogens with one attached hydrogen (secondary N) is 1. The maximum Gasteiger partial charge on any atom is 0.238 e. The van der Waals surface area contributed by atoms with Crippen LogP contribution in [0.2, 0.25) is 0 Å². The third-order valence-corrected chi connectivity index (χ3v) is 4.95. The lowest BCUT2D eigenvalue weighted by Crippen LogP contribution is -2.11. The molecule has 0 aliphatic heterocycles. The number of aromatic nitrogens is 3. The summed E-state index contributed by atoms with van der Waals surface area (Å²) in [5.74, 6) is 0.405. The van der Waals surface area contributed by atoms with E-state index >= 15 is 0 Å². The Morgan fingerprint density at radius 2 is 1.74 bits per heavy atom. The topological polar surface area (TPSA) is 111 Å². The molecule has 0 aliphatic rings. The normalized spacial score (nSPS) is 11.4. The fraction of sp³-hybridized carbons (Fsp3) is 0. The summed E-state index contributed by atoms with van der Waals surface area (Å²) in [5, 5.41) is 9.10. The van der Waals surface area contributed by atoms with Crippen LogP contribution in [0.15, 0.2) is 78.1 Å². The van der Waals surface area contributed by atoms with Crippen molar-refractivity contribution in [2.45, 2.75) is 4.90 Å². The summed E-state index contributed by atoms with van der Waals surface area (Å²) in [4.78, 5) is 13.2. The van der Waals surface area contributed by atoms with Crippen molar-refractivity contribution in [3.8, 4) is 11.1 Å². The fourth-order valence-corrected chi connectivity index (χ4v) is 3.24. The number of para-hydroxylation sites is 1. The minimum absolute atomic E-state index is 0.0475. The van der Waals surface area contributed by atoms with Crippen LogP contribution in [0.25, 0.3) is 22.0 Å². The maximum absolute atomic E-state index is 11.3. The molecule has 0 aliphatic carbocycles. The van der Waals surface area contributed by atoms with Gasteiger partial charge in [0.25, 0.3) is 0 Å². The highest BCUT2D eigenvalue weighted by Crippen LogP contribution is 2.27. The number of hydrogen-bond acceptors (Lipinski definition) is 6. The highest BCUT2D eigenvalue weighted by molar-refractivity contribution is 7.89. The van der Waals surface area contributed by atoms with Crippen molar-refractivity contribution in [3.63, 3.8) is 0 Å². The first kappa shape index (κ1) is 17.1. The Morgan fingerprint density at radius 1 is 0.926 bits per heavy atom. The van der Waals surface area contributed by atoms with Crippen LogP contribution < -0.4 is 10.5 Å². The Hall–Kier alpha value is -3.36. The predicted octanol–water partition coefficient (Wildman–Crippen LogP) is 3.08. The average molecular weight is 377 g/mol. The van der Waals surface area contributed by atoms with Crippen molar-refractivity contribution >= 4 is 32.6 Å². The van der Waals surface area contributed by atoms with Gasteiger partial charge in [0.15, 0.2) is 0 Å². The number of pyridine rings is 1. The number of nitrogens with two attached hydrogens (primary N) is 1. The van der Waals surface area contributed by atoms with E-state index in [2.05, 4.69) is 20.3 Å². The maximum atomic E-state index is 11.3. The van der Waals surface area contributed by atoms with E-state index in [9.17, 15) is 8.42 Å². The second-order valence-electron chi connectivity index (χ2n) is 5.87. The predicted molar refractivity (Wildman–Crippen MR) is 104 cm³/mol. The molecule has 0 bridgehead atoms. The Labute approximate surface area is 156 Å². The largest absolute Gasteiger partial charge is 0.324 e. The van der Waals surface area contributed by atoms with Crippen LogP contribution in [0.4, 0.5) is 11.6 Å². The van der Waals surface area contributed by atoms with Crippen molar-refractivity contribution in [1.29, 1.82) is 0 Å².